The smallest absolute Gasteiger partial charge is 0.267 e. The molecule has 4 nitrogen and oxygen atoms in total. The molecule has 0 saturated carbocycles. The molecule has 1 aromatic heterocycles. The Bertz CT molecular complexity index is 609. The molecule has 0 fully saturated rings. The lowest BCUT2D eigenvalue weighted by Gasteiger charge is -1.99. The largest absolute Gasteiger partial charge is 0.278 e. The fourth-order valence-corrected chi connectivity index (χ4v) is 1.40. The number of hydrogen-bond acceptors (Lipinski definition) is 3. The van der Waals surface area contributed by atoms with Gasteiger partial charge in [0.25, 0.3) is 5.56 Å². The first-order valence-electron chi connectivity index (χ1n) is 4.24. The minimum Gasteiger partial charge on any atom is -0.267 e. The van der Waals surface area contributed by atoms with Gasteiger partial charge in [-0.25, -0.2) is 0 Å². The highest BCUT2D eigenvalue weighted by atomic mass is 127. The normalized spacial score (nSPS) is 9.67. The predicted octanol–water partition coefficient (Wildman–Crippen LogP) is 1.19. The molecule has 0 N–H and O–H groups in total. The molecular weight excluding hydrogens is 305 g/mol. The predicted molar refractivity (Wildman–Crippen MR) is 65.6 cm³/mol. The van der Waals surface area contributed by atoms with Crippen LogP contribution in [-0.4, -0.2) is 15.0 Å². The van der Waals surface area contributed by atoms with Crippen LogP contribution in [0.15, 0.2) is 29.1 Å². The zero-order chi connectivity index (χ0) is 10.7. The fraction of sp³-hybridized carbons (Fsp3) is 0.100. The number of aromatic nitrogens is 3. The molecule has 1 heterocycles. The Kier molecular flexibility index (Phi) is 2.97. The van der Waals surface area contributed by atoms with E-state index in [0.717, 1.165) is 0 Å². The highest BCUT2D eigenvalue weighted by Crippen LogP contribution is 2.02. The van der Waals surface area contributed by atoms with Crippen LogP contribution in [0.4, 0.5) is 0 Å². The number of fused-ring (bicyclic) bond motifs is 1. The summed E-state index contributed by atoms with van der Waals surface area (Å²) in [6.07, 6.45) is 0. The summed E-state index contributed by atoms with van der Waals surface area (Å²) in [5.41, 5.74) is 0.459. The highest BCUT2D eigenvalue weighted by molar-refractivity contribution is 14.1. The van der Waals surface area contributed by atoms with E-state index in [4.69, 9.17) is 0 Å². The van der Waals surface area contributed by atoms with Gasteiger partial charge in [-0.1, -0.05) is 23.3 Å². The van der Waals surface area contributed by atoms with E-state index in [1.807, 2.05) is 28.7 Å². The summed E-state index contributed by atoms with van der Waals surface area (Å²) < 4.78 is 3.94. The van der Waals surface area contributed by atoms with Crippen molar-refractivity contribution in [3.8, 4) is 9.85 Å². The van der Waals surface area contributed by atoms with Gasteiger partial charge in [0, 0.05) is 22.6 Å². The summed E-state index contributed by atoms with van der Waals surface area (Å²) >= 11 is 1.92. The van der Waals surface area contributed by atoms with Crippen molar-refractivity contribution in [3.63, 3.8) is 0 Å². The lowest BCUT2D eigenvalue weighted by atomic mass is 10.2. The summed E-state index contributed by atoms with van der Waals surface area (Å²) in [5.74, 6) is 2.77. The lowest BCUT2D eigenvalue weighted by Crippen LogP contribution is -2.23. The molecule has 74 valence electrons. The molecule has 0 amide bonds. The van der Waals surface area contributed by atoms with E-state index in [9.17, 15) is 4.79 Å². The molecule has 0 atom stereocenters. The Morgan fingerprint density at radius 1 is 1.40 bits per heavy atom. The minimum absolute atomic E-state index is 0.153. The molecule has 0 spiro atoms. The van der Waals surface area contributed by atoms with E-state index in [1.54, 1.807) is 18.2 Å². The first-order valence-corrected chi connectivity index (χ1v) is 5.32. The van der Waals surface area contributed by atoms with Crippen molar-refractivity contribution in [1.82, 2.24) is 15.0 Å². The molecular formula is C10H6IN3O. The topological polar surface area (TPSA) is 47.8 Å². The summed E-state index contributed by atoms with van der Waals surface area (Å²) in [4.78, 5) is 11.8. The van der Waals surface area contributed by atoms with Gasteiger partial charge >= 0.3 is 0 Å². The van der Waals surface area contributed by atoms with Crippen LogP contribution in [0.1, 0.15) is 0 Å². The van der Waals surface area contributed by atoms with Crippen molar-refractivity contribution in [3.05, 3.63) is 34.6 Å². The minimum atomic E-state index is -0.153. The van der Waals surface area contributed by atoms with Crippen molar-refractivity contribution < 1.29 is 0 Å². The molecule has 1 aromatic carbocycles. The number of rotatable bonds is 1. The summed E-state index contributed by atoms with van der Waals surface area (Å²) in [6, 6.07) is 7.13. The third-order valence-electron chi connectivity index (χ3n) is 1.92. The molecule has 2 rings (SSSR count). The third kappa shape index (κ3) is 1.99. The average molecular weight is 311 g/mol. The first-order chi connectivity index (χ1) is 7.33. The van der Waals surface area contributed by atoms with Crippen LogP contribution in [-0.2, 0) is 6.54 Å². The van der Waals surface area contributed by atoms with Crippen LogP contribution in [0.3, 0.4) is 0 Å². The fourth-order valence-electron chi connectivity index (χ4n) is 1.23. The molecule has 15 heavy (non-hydrogen) atoms. The van der Waals surface area contributed by atoms with E-state index < -0.39 is 0 Å². The standard InChI is InChI=1S/C10H6IN3O/c11-6-3-7-14-10(15)8-4-1-2-5-9(8)12-13-14/h1-2,4-5H,7H2. The molecule has 0 aliphatic carbocycles. The molecule has 0 unspecified atom stereocenters. The van der Waals surface area contributed by atoms with Gasteiger partial charge in [0.1, 0.15) is 12.1 Å². The summed E-state index contributed by atoms with van der Waals surface area (Å²) in [7, 11) is 0. The van der Waals surface area contributed by atoms with Crippen molar-refractivity contribution in [2.75, 3.05) is 0 Å². The zero-order valence-corrected chi connectivity index (χ0v) is 9.80. The molecule has 0 saturated heterocycles. The number of benzene rings is 1. The maximum Gasteiger partial charge on any atom is 0.278 e. The number of nitrogens with zero attached hydrogens (tertiary/aromatic N) is 3. The van der Waals surface area contributed by atoms with E-state index in [1.165, 1.54) is 4.68 Å². The van der Waals surface area contributed by atoms with Crippen LogP contribution < -0.4 is 5.56 Å². The second kappa shape index (κ2) is 4.40. The summed E-state index contributed by atoms with van der Waals surface area (Å²) in [5, 5.41) is 8.30. The second-order valence-electron chi connectivity index (χ2n) is 2.84. The van der Waals surface area contributed by atoms with Crippen LogP contribution in [0.2, 0.25) is 0 Å². The van der Waals surface area contributed by atoms with Crippen molar-refractivity contribution >= 4 is 33.5 Å². The SMILES string of the molecule is O=c1c2ccccc2nnn1CC#CI. The van der Waals surface area contributed by atoms with Gasteiger partial charge < -0.3 is 0 Å². The Morgan fingerprint density at radius 3 is 3.00 bits per heavy atom. The second-order valence-corrected chi connectivity index (χ2v) is 3.38. The van der Waals surface area contributed by atoms with E-state index in [0.29, 0.717) is 10.9 Å². The number of hydrogen-bond donors (Lipinski definition) is 0. The molecule has 2 aromatic rings. The molecule has 0 bridgehead atoms. The molecule has 5 heteroatoms. The third-order valence-corrected chi connectivity index (χ3v) is 2.31. The van der Waals surface area contributed by atoms with E-state index in [-0.39, 0.29) is 12.1 Å². The van der Waals surface area contributed by atoms with Gasteiger partial charge in [-0.2, -0.15) is 4.68 Å². The van der Waals surface area contributed by atoms with Crippen LogP contribution in [0, 0.1) is 9.85 Å². The van der Waals surface area contributed by atoms with E-state index >= 15 is 0 Å². The first kappa shape index (κ1) is 10.1. The molecule has 0 aliphatic rings. The molecule has 0 radical (unpaired) electrons. The zero-order valence-electron chi connectivity index (χ0n) is 7.64. The quantitative estimate of drug-likeness (QED) is 0.587. The van der Waals surface area contributed by atoms with E-state index in [2.05, 4.69) is 20.2 Å². The monoisotopic (exact) mass is 311 g/mol. The Hall–Kier alpha value is -1.42. The van der Waals surface area contributed by atoms with Crippen LogP contribution in [0.5, 0.6) is 0 Å². The van der Waals surface area contributed by atoms with Crippen LogP contribution >= 0.6 is 22.6 Å². The highest BCUT2D eigenvalue weighted by Gasteiger charge is 2.02. The maximum atomic E-state index is 11.8. The Morgan fingerprint density at radius 2 is 2.20 bits per heavy atom. The Balaban J connectivity index is 2.63. The summed E-state index contributed by atoms with van der Waals surface area (Å²) in [6.45, 7) is 0.277. The van der Waals surface area contributed by atoms with Crippen molar-refractivity contribution in [2.24, 2.45) is 0 Å². The van der Waals surface area contributed by atoms with Gasteiger partial charge in [-0.15, -0.1) is 5.10 Å². The van der Waals surface area contributed by atoms with Gasteiger partial charge in [-0.3, -0.25) is 4.79 Å². The van der Waals surface area contributed by atoms with Crippen molar-refractivity contribution in [1.29, 1.82) is 0 Å². The number of halogens is 1. The van der Waals surface area contributed by atoms with Gasteiger partial charge in [-0.05, 0) is 16.1 Å². The van der Waals surface area contributed by atoms with Crippen LogP contribution in [0.25, 0.3) is 10.9 Å². The van der Waals surface area contributed by atoms with Crippen molar-refractivity contribution in [2.45, 2.75) is 6.54 Å². The average Bonchev–Trinajstić information content (AvgIpc) is 2.29. The molecule has 0 aliphatic heterocycles. The maximum absolute atomic E-state index is 11.8. The van der Waals surface area contributed by atoms with Gasteiger partial charge in [0.05, 0.1) is 5.39 Å². The van der Waals surface area contributed by atoms with Gasteiger partial charge in [0.15, 0.2) is 0 Å². The Labute approximate surface area is 99.4 Å². The van der Waals surface area contributed by atoms with Gasteiger partial charge in [0.2, 0.25) is 0 Å². The lowest BCUT2D eigenvalue weighted by molar-refractivity contribution is 0.620.